The molecule has 1 unspecified atom stereocenters. The van der Waals surface area contributed by atoms with Gasteiger partial charge in [-0.15, -0.1) is 0 Å². The van der Waals surface area contributed by atoms with Crippen LogP contribution in [0.15, 0.2) is 42.6 Å². The molecule has 26 heavy (non-hydrogen) atoms. The Morgan fingerprint density at radius 1 is 1.15 bits per heavy atom. The lowest BCUT2D eigenvalue weighted by Crippen LogP contribution is -2.42. The van der Waals surface area contributed by atoms with Crippen molar-refractivity contribution < 1.29 is 14.4 Å². The molecule has 1 saturated heterocycles. The molecule has 6 heteroatoms. The highest BCUT2D eigenvalue weighted by Gasteiger charge is 2.43. The second kappa shape index (κ2) is 6.37. The summed E-state index contributed by atoms with van der Waals surface area (Å²) < 4.78 is 0. The topological polar surface area (TPSA) is 70.6 Å². The number of carbonyl (C=O) groups excluding carboxylic acids is 3. The third-order valence-corrected chi connectivity index (χ3v) is 5.04. The summed E-state index contributed by atoms with van der Waals surface area (Å²) in [5.74, 6) is -0.648. The van der Waals surface area contributed by atoms with Gasteiger partial charge in [0.25, 0.3) is 11.8 Å². The van der Waals surface area contributed by atoms with Crippen LogP contribution in [0.25, 0.3) is 0 Å². The summed E-state index contributed by atoms with van der Waals surface area (Å²) in [6.07, 6.45) is 2.45. The van der Waals surface area contributed by atoms with Crippen LogP contribution in [0.5, 0.6) is 0 Å². The average Bonchev–Trinajstić information content (AvgIpc) is 3.21. The summed E-state index contributed by atoms with van der Waals surface area (Å²) in [7, 11) is 0. The molecule has 6 nitrogen and oxygen atoms in total. The second-order valence-electron chi connectivity index (χ2n) is 6.82. The molecule has 2 aliphatic heterocycles. The van der Waals surface area contributed by atoms with Crippen LogP contribution in [0.1, 0.15) is 38.4 Å². The van der Waals surface area contributed by atoms with Crippen molar-refractivity contribution in [3.05, 3.63) is 65.0 Å². The quantitative estimate of drug-likeness (QED) is 0.793. The van der Waals surface area contributed by atoms with E-state index in [1.807, 2.05) is 31.2 Å². The van der Waals surface area contributed by atoms with Crippen LogP contribution < -0.4 is 0 Å². The van der Waals surface area contributed by atoms with Crippen molar-refractivity contribution in [1.82, 2.24) is 14.8 Å². The monoisotopic (exact) mass is 349 g/mol. The number of aryl methyl sites for hydroxylation is 1. The Bertz CT molecular complexity index is 856. The normalized spacial score (nSPS) is 19.2. The first-order valence-corrected chi connectivity index (χ1v) is 8.71. The SMILES string of the molecule is Cc1ccc(CC(=O)N2CCC(N3C(=O)c4cccnc4C3=O)C2)cc1. The lowest BCUT2D eigenvalue weighted by atomic mass is 10.1. The molecule has 1 atom stereocenters. The Balaban J connectivity index is 1.44. The van der Waals surface area contributed by atoms with Gasteiger partial charge in [0.1, 0.15) is 5.69 Å². The molecule has 0 saturated carbocycles. The van der Waals surface area contributed by atoms with Crippen molar-refractivity contribution in [3.63, 3.8) is 0 Å². The number of fused-ring (bicyclic) bond motifs is 1. The van der Waals surface area contributed by atoms with E-state index in [2.05, 4.69) is 4.98 Å². The molecule has 3 amide bonds. The highest BCUT2D eigenvalue weighted by molar-refractivity contribution is 6.20. The van der Waals surface area contributed by atoms with E-state index in [4.69, 9.17) is 0 Å². The zero-order valence-corrected chi connectivity index (χ0v) is 14.5. The minimum atomic E-state index is -0.358. The predicted molar refractivity (Wildman–Crippen MR) is 94.6 cm³/mol. The Kier molecular flexibility index (Phi) is 4.03. The Morgan fingerprint density at radius 3 is 2.65 bits per heavy atom. The third kappa shape index (κ3) is 2.77. The van der Waals surface area contributed by atoms with Crippen molar-refractivity contribution in [2.75, 3.05) is 13.1 Å². The number of carbonyl (C=O) groups is 3. The first kappa shape index (κ1) is 16.4. The van der Waals surface area contributed by atoms with Crippen molar-refractivity contribution in [1.29, 1.82) is 0 Å². The lowest BCUT2D eigenvalue weighted by Gasteiger charge is -2.22. The number of imide groups is 1. The van der Waals surface area contributed by atoms with Gasteiger partial charge in [0.15, 0.2) is 0 Å². The molecule has 1 aromatic carbocycles. The predicted octanol–water partition coefficient (Wildman–Crippen LogP) is 1.83. The fourth-order valence-corrected chi connectivity index (χ4v) is 3.59. The number of rotatable bonds is 3. The standard InChI is InChI=1S/C20H19N3O3/c1-13-4-6-14(7-5-13)11-17(24)22-10-8-15(12-22)23-19(25)16-3-2-9-21-18(16)20(23)26/h2-7,9,15H,8,10-12H2,1H3. The zero-order valence-electron chi connectivity index (χ0n) is 14.5. The molecule has 0 aliphatic carbocycles. The van der Waals surface area contributed by atoms with E-state index in [0.717, 1.165) is 11.1 Å². The fraction of sp³-hybridized carbons (Fsp3) is 0.300. The fourth-order valence-electron chi connectivity index (χ4n) is 3.59. The van der Waals surface area contributed by atoms with E-state index in [1.165, 1.54) is 11.1 Å². The molecular formula is C20H19N3O3. The zero-order chi connectivity index (χ0) is 18.3. The van der Waals surface area contributed by atoms with Crippen molar-refractivity contribution in [3.8, 4) is 0 Å². The van der Waals surface area contributed by atoms with Gasteiger partial charge in [0.05, 0.1) is 18.0 Å². The van der Waals surface area contributed by atoms with Gasteiger partial charge in [-0.3, -0.25) is 24.3 Å². The van der Waals surface area contributed by atoms with Gasteiger partial charge >= 0.3 is 0 Å². The summed E-state index contributed by atoms with van der Waals surface area (Å²) in [6, 6.07) is 10.9. The molecule has 1 aromatic heterocycles. The van der Waals surface area contributed by atoms with Gasteiger partial charge in [0.2, 0.25) is 5.91 Å². The molecule has 0 radical (unpaired) electrons. The van der Waals surface area contributed by atoms with Gasteiger partial charge in [-0.25, -0.2) is 0 Å². The summed E-state index contributed by atoms with van der Waals surface area (Å²) in [5, 5.41) is 0. The number of likely N-dealkylation sites (tertiary alicyclic amines) is 1. The third-order valence-electron chi connectivity index (χ3n) is 5.04. The van der Waals surface area contributed by atoms with Crippen molar-refractivity contribution >= 4 is 17.7 Å². The molecule has 3 heterocycles. The molecular weight excluding hydrogens is 330 g/mol. The number of aromatic nitrogens is 1. The van der Waals surface area contributed by atoms with Gasteiger partial charge in [-0.2, -0.15) is 0 Å². The first-order valence-electron chi connectivity index (χ1n) is 8.71. The minimum Gasteiger partial charge on any atom is -0.340 e. The molecule has 4 rings (SSSR count). The van der Waals surface area contributed by atoms with Crippen molar-refractivity contribution in [2.24, 2.45) is 0 Å². The molecule has 2 aliphatic rings. The number of hydrogen-bond donors (Lipinski definition) is 0. The largest absolute Gasteiger partial charge is 0.340 e. The number of benzene rings is 1. The van der Waals surface area contributed by atoms with Crippen LogP contribution >= 0.6 is 0 Å². The molecule has 0 bridgehead atoms. The maximum absolute atomic E-state index is 12.6. The maximum Gasteiger partial charge on any atom is 0.280 e. The van der Waals surface area contributed by atoms with E-state index in [1.54, 1.807) is 17.0 Å². The van der Waals surface area contributed by atoms with Crippen LogP contribution in [-0.2, 0) is 11.2 Å². The molecule has 0 spiro atoms. The van der Waals surface area contributed by atoms with Crippen LogP contribution in [0.2, 0.25) is 0 Å². The Hall–Kier alpha value is -3.02. The molecule has 0 N–H and O–H groups in total. The summed E-state index contributed by atoms with van der Waals surface area (Å²) in [4.78, 5) is 44.7. The molecule has 2 aromatic rings. The van der Waals surface area contributed by atoms with E-state index >= 15 is 0 Å². The average molecular weight is 349 g/mol. The van der Waals surface area contributed by atoms with Crippen LogP contribution in [-0.4, -0.2) is 51.6 Å². The first-order chi connectivity index (χ1) is 12.5. The lowest BCUT2D eigenvalue weighted by molar-refractivity contribution is -0.129. The highest BCUT2D eigenvalue weighted by Crippen LogP contribution is 2.27. The Morgan fingerprint density at radius 2 is 1.92 bits per heavy atom. The Labute approximate surface area is 151 Å². The maximum atomic E-state index is 12.6. The van der Waals surface area contributed by atoms with Crippen LogP contribution in [0.3, 0.4) is 0 Å². The summed E-state index contributed by atoms with van der Waals surface area (Å²) in [6.45, 7) is 2.94. The molecule has 1 fully saturated rings. The van der Waals surface area contributed by atoms with Crippen LogP contribution in [0.4, 0.5) is 0 Å². The smallest absolute Gasteiger partial charge is 0.280 e. The number of nitrogens with zero attached hydrogens (tertiary/aromatic N) is 3. The van der Waals surface area contributed by atoms with E-state index in [0.29, 0.717) is 31.5 Å². The van der Waals surface area contributed by atoms with E-state index < -0.39 is 0 Å². The minimum absolute atomic E-state index is 0.0195. The van der Waals surface area contributed by atoms with Crippen LogP contribution in [0, 0.1) is 6.92 Å². The summed E-state index contributed by atoms with van der Waals surface area (Å²) in [5.41, 5.74) is 2.68. The van der Waals surface area contributed by atoms with Gasteiger partial charge in [0, 0.05) is 19.3 Å². The number of hydrogen-bond acceptors (Lipinski definition) is 4. The van der Waals surface area contributed by atoms with E-state index in [-0.39, 0.29) is 29.5 Å². The van der Waals surface area contributed by atoms with Crippen molar-refractivity contribution in [2.45, 2.75) is 25.8 Å². The number of amides is 3. The van der Waals surface area contributed by atoms with Gasteiger partial charge in [-0.05, 0) is 31.0 Å². The van der Waals surface area contributed by atoms with Gasteiger partial charge < -0.3 is 4.90 Å². The van der Waals surface area contributed by atoms with Gasteiger partial charge in [-0.1, -0.05) is 29.8 Å². The number of pyridine rings is 1. The molecule has 132 valence electrons. The van der Waals surface area contributed by atoms with E-state index in [9.17, 15) is 14.4 Å². The highest BCUT2D eigenvalue weighted by atomic mass is 16.2. The summed E-state index contributed by atoms with van der Waals surface area (Å²) >= 11 is 0. The second-order valence-corrected chi connectivity index (χ2v) is 6.82.